The molecule has 0 aromatic heterocycles. The smallest absolute Gasteiger partial charge is 0.416 e. The lowest BCUT2D eigenvalue weighted by atomic mass is 9.89. The number of esters is 1. The van der Waals surface area contributed by atoms with Crippen molar-refractivity contribution in [3.8, 4) is 0 Å². The highest BCUT2D eigenvalue weighted by molar-refractivity contribution is 5.79. The van der Waals surface area contributed by atoms with Crippen LogP contribution in [0.2, 0.25) is 0 Å². The van der Waals surface area contributed by atoms with Crippen LogP contribution in [0.15, 0.2) is 54.6 Å². The van der Waals surface area contributed by atoms with Gasteiger partial charge in [0, 0.05) is 0 Å². The van der Waals surface area contributed by atoms with Crippen LogP contribution >= 0.6 is 0 Å². The van der Waals surface area contributed by atoms with Gasteiger partial charge in [0.1, 0.15) is 5.92 Å². The molecule has 0 spiro atoms. The predicted molar refractivity (Wildman–Crippen MR) is 82.2 cm³/mol. The minimum atomic E-state index is -4.45. The highest BCUT2D eigenvalue weighted by Gasteiger charge is 2.33. The van der Waals surface area contributed by atoms with Crippen LogP contribution in [0.25, 0.3) is 0 Å². The maximum Gasteiger partial charge on any atom is 0.416 e. The fraction of sp³-hybridized carbons (Fsp3) is 0.278. The Kier molecular flexibility index (Phi) is 5.62. The zero-order valence-corrected chi connectivity index (χ0v) is 13.0. The van der Waals surface area contributed by atoms with Crippen LogP contribution in [0.3, 0.4) is 0 Å². The Morgan fingerprint density at radius 3 is 2.12 bits per heavy atom. The topological polar surface area (TPSA) is 46.5 Å². The van der Waals surface area contributed by atoms with Gasteiger partial charge in [-0.15, -0.1) is 0 Å². The molecule has 2 rings (SSSR count). The molecule has 128 valence electrons. The molecule has 24 heavy (non-hydrogen) atoms. The first kappa shape index (κ1) is 18.0. The molecule has 1 N–H and O–H groups in total. The highest BCUT2D eigenvalue weighted by Crippen LogP contribution is 2.34. The van der Waals surface area contributed by atoms with Crippen LogP contribution in [0.5, 0.6) is 0 Å². The Labute approximate surface area is 137 Å². The summed E-state index contributed by atoms with van der Waals surface area (Å²) in [5, 5.41) is 10.5. The number of ether oxygens (including phenoxy) is 1. The van der Waals surface area contributed by atoms with Crippen LogP contribution in [0.4, 0.5) is 13.2 Å². The zero-order valence-electron chi connectivity index (χ0n) is 13.0. The number of aliphatic hydroxyl groups is 1. The number of hydrogen-bond acceptors (Lipinski definition) is 3. The average molecular weight is 338 g/mol. The van der Waals surface area contributed by atoms with Gasteiger partial charge < -0.3 is 9.84 Å². The largest absolute Gasteiger partial charge is 0.465 e. The van der Waals surface area contributed by atoms with Crippen LogP contribution in [0.1, 0.15) is 35.6 Å². The number of benzene rings is 2. The van der Waals surface area contributed by atoms with Crippen LogP contribution in [-0.2, 0) is 15.7 Å². The SMILES string of the molecule is CCOC(=O)[C@@H](c1ccccc1)[C@H](O)c1ccc(C(F)(F)F)cc1. The normalized spacial score (nSPS) is 14.0. The van der Waals surface area contributed by atoms with Crippen molar-refractivity contribution in [3.63, 3.8) is 0 Å². The van der Waals surface area contributed by atoms with Crippen LogP contribution in [-0.4, -0.2) is 17.7 Å². The molecule has 3 nitrogen and oxygen atoms in total. The predicted octanol–water partition coefficient (Wildman–Crippen LogP) is 4.09. The van der Waals surface area contributed by atoms with E-state index in [-0.39, 0.29) is 12.2 Å². The van der Waals surface area contributed by atoms with E-state index in [1.165, 1.54) is 12.1 Å². The third kappa shape index (κ3) is 4.14. The zero-order chi connectivity index (χ0) is 17.7. The van der Waals surface area contributed by atoms with Gasteiger partial charge in [-0.05, 0) is 30.2 Å². The Morgan fingerprint density at radius 2 is 1.62 bits per heavy atom. The Balaban J connectivity index is 2.34. The van der Waals surface area contributed by atoms with E-state index in [1.54, 1.807) is 37.3 Å². The highest BCUT2D eigenvalue weighted by atomic mass is 19.4. The van der Waals surface area contributed by atoms with E-state index in [4.69, 9.17) is 4.74 Å². The second-order valence-electron chi connectivity index (χ2n) is 5.21. The van der Waals surface area contributed by atoms with Crippen molar-refractivity contribution in [2.45, 2.75) is 25.1 Å². The van der Waals surface area contributed by atoms with E-state index in [9.17, 15) is 23.1 Å². The number of carbonyl (C=O) groups is 1. The number of aliphatic hydroxyl groups excluding tert-OH is 1. The third-order valence-corrected chi connectivity index (χ3v) is 3.59. The number of rotatable bonds is 5. The first-order valence-electron chi connectivity index (χ1n) is 7.41. The van der Waals surface area contributed by atoms with Gasteiger partial charge >= 0.3 is 12.1 Å². The number of alkyl halides is 3. The van der Waals surface area contributed by atoms with E-state index in [0.717, 1.165) is 12.1 Å². The molecular formula is C18H17F3O3. The lowest BCUT2D eigenvalue weighted by molar-refractivity contribution is -0.148. The van der Waals surface area contributed by atoms with Gasteiger partial charge in [0.25, 0.3) is 0 Å². The van der Waals surface area contributed by atoms with Crippen molar-refractivity contribution in [2.24, 2.45) is 0 Å². The summed E-state index contributed by atoms with van der Waals surface area (Å²) in [5.74, 6) is -1.64. The molecule has 2 aromatic carbocycles. The molecule has 0 radical (unpaired) electrons. The van der Waals surface area contributed by atoms with Crippen LogP contribution in [0, 0.1) is 0 Å². The first-order valence-corrected chi connectivity index (χ1v) is 7.41. The molecule has 0 saturated heterocycles. The lowest BCUT2D eigenvalue weighted by Crippen LogP contribution is -2.23. The van der Waals surface area contributed by atoms with Crippen molar-refractivity contribution in [3.05, 3.63) is 71.3 Å². The molecule has 0 heterocycles. The number of carbonyl (C=O) groups excluding carboxylic acids is 1. The fourth-order valence-electron chi connectivity index (χ4n) is 2.40. The third-order valence-electron chi connectivity index (χ3n) is 3.59. The van der Waals surface area contributed by atoms with E-state index < -0.39 is 29.7 Å². The summed E-state index contributed by atoms with van der Waals surface area (Å²) in [6.07, 6.45) is -5.77. The van der Waals surface area contributed by atoms with E-state index in [2.05, 4.69) is 0 Å². The van der Waals surface area contributed by atoms with Crippen molar-refractivity contribution < 1.29 is 27.8 Å². The van der Waals surface area contributed by atoms with E-state index >= 15 is 0 Å². The summed E-state index contributed by atoms with van der Waals surface area (Å²) in [6.45, 7) is 1.78. The van der Waals surface area contributed by atoms with Crippen molar-refractivity contribution in [2.75, 3.05) is 6.61 Å². The number of halogens is 3. The van der Waals surface area contributed by atoms with Gasteiger partial charge in [-0.1, -0.05) is 42.5 Å². The van der Waals surface area contributed by atoms with Gasteiger partial charge in [0.2, 0.25) is 0 Å². The first-order chi connectivity index (χ1) is 11.3. The van der Waals surface area contributed by atoms with E-state index in [1.807, 2.05) is 0 Å². The Morgan fingerprint density at radius 1 is 1.04 bits per heavy atom. The molecule has 0 unspecified atom stereocenters. The molecule has 0 bridgehead atoms. The summed E-state index contributed by atoms with van der Waals surface area (Å²) in [7, 11) is 0. The second kappa shape index (κ2) is 7.49. The summed E-state index contributed by atoms with van der Waals surface area (Å²) < 4.78 is 42.9. The van der Waals surface area contributed by atoms with Gasteiger partial charge in [-0.25, -0.2) is 0 Å². The molecule has 0 saturated carbocycles. The van der Waals surface area contributed by atoms with Crippen molar-refractivity contribution in [1.82, 2.24) is 0 Å². The average Bonchev–Trinajstić information content (AvgIpc) is 2.55. The standard InChI is InChI=1S/C18H17F3O3/c1-2-24-17(23)15(12-6-4-3-5-7-12)16(22)13-8-10-14(11-9-13)18(19,20)21/h3-11,15-16,22H,2H2,1H3/t15-,16+/m0/s1. The van der Waals surface area contributed by atoms with Gasteiger partial charge in [0.05, 0.1) is 18.3 Å². The molecule has 0 aliphatic heterocycles. The number of hydrogen-bond donors (Lipinski definition) is 1. The van der Waals surface area contributed by atoms with Gasteiger partial charge in [-0.2, -0.15) is 13.2 Å². The fourth-order valence-corrected chi connectivity index (χ4v) is 2.40. The van der Waals surface area contributed by atoms with Crippen molar-refractivity contribution >= 4 is 5.97 Å². The Bertz CT molecular complexity index is 666. The van der Waals surface area contributed by atoms with Gasteiger partial charge in [-0.3, -0.25) is 4.79 Å². The molecule has 0 aliphatic carbocycles. The molecular weight excluding hydrogens is 321 g/mol. The second-order valence-corrected chi connectivity index (χ2v) is 5.21. The quantitative estimate of drug-likeness (QED) is 0.836. The molecule has 0 amide bonds. The van der Waals surface area contributed by atoms with E-state index in [0.29, 0.717) is 5.56 Å². The maximum atomic E-state index is 12.6. The molecule has 6 heteroatoms. The summed E-state index contributed by atoms with van der Waals surface area (Å²) in [4.78, 5) is 12.2. The molecule has 2 atom stereocenters. The minimum Gasteiger partial charge on any atom is -0.465 e. The lowest BCUT2D eigenvalue weighted by Gasteiger charge is -2.22. The Hall–Kier alpha value is -2.34. The van der Waals surface area contributed by atoms with Gasteiger partial charge in [0.15, 0.2) is 0 Å². The summed E-state index contributed by atoms with van der Waals surface area (Å²) >= 11 is 0. The maximum absolute atomic E-state index is 12.6. The summed E-state index contributed by atoms with van der Waals surface area (Å²) in [6, 6.07) is 12.6. The van der Waals surface area contributed by atoms with Crippen molar-refractivity contribution in [1.29, 1.82) is 0 Å². The monoisotopic (exact) mass is 338 g/mol. The van der Waals surface area contributed by atoms with Crippen LogP contribution < -0.4 is 0 Å². The molecule has 2 aromatic rings. The molecule has 0 aliphatic rings. The summed E-state index contributed by atoms with van der Waals surface area (Å²) in [5.41, 5.74) is -0.0703. The molecule has 0 fully saturated rings. The minimum absolute atomic E-state index is 0.141.